The molecule has 1 N–H and O–H groups in total. The van der Waals surface area contributed by atoms with Crippen LogP contribution in [0.3, 0.4) is 0 Å². The molecule has 0 aliphatic heterocycles. The van der Waals surface area contributed by atoms with Crippen LogP contribution in [-0.2, 0) is 17.9 Å². The van der Waals surface area contributed by atoms with Gasteiger partial charge in [0.2, 0.25) is 0 Å². The fraction of sp³-hybridized carbons (Fsp3) is 0.647. The van der Waals surface area contributed by atoms with Gasteiger partial charge < -0.3 is 10.1 Å². The molecule has 0 atom stereocenters. The standard InChI is InChI=1S/C17H28FNO/c1-4-5-6-7-10-20-13-16-11-15(8-9-17(16)18)12-19-14(2)3/h8-9,11,14,19H,4-7,10,12-13H2,1-3H3. The van der Waals surface area contributed by atoms with E-state index in [1.165, 1.54) is 25.3 Å². The largest absolute Gasteiger partial charge is 0.377 e. The first-order chi connectivity index (χ1) is 9.63. The van der Waals surface area contributed by atoms with E-state index in [4.69, 9.17) is 4.74 Å². The Morgan fingerprint density at radius 2 is 2.00 bits per heavy atom. The van der Waals surface area contributed by atoms with Gasteiger partial charge in [-0.3, -0.25) is 0 Å². The molecule has 0 saturated carbocycles. The molecule has 1 rings (SSSR count). The molecule has 0 radical (unpaired) electrons. The molecule has 0 fully saturated rings. The molecule has 1 aromatic rings. The Morgan fingerprint density at radius 3 is 2.70 bits per heavy atom. The van der Waals surface area contributed by atoms with E-state index in [2.05, 4.69) is 26.1 Å². The number of nitrogens with one attached hydrogen (secondary N) is 1. The molecule has 0 amide bonds. The zero-order valence-electron chi connectivity index (χ0n) is 13.0. The van der Waals surface area contributed by atoms with Crippen molar-refractivity contribution in [3.8, 4) is 0 Å². The summed E-state index contributed by atoms with van der Waals surface area (Å²) in [5.74, 6) is -0.174. The second kappa shape index (κ2) is 9.89. The molecule has 3 heteroatoms. The van der Waals surface area contributed by atoms with Crippen LogP contribution in [-0.4, -0.2) is 12.6 Å². The molecule has 1 aromatic carbocycles. The minimum atomic E-state index is -0.174. The zero-order chi connectivity index (χ0) is 14.8. The van der Waals surface area contributed by atoms with Crippen LogP contribution in [0.25, 0.3) is 0 Å². The van der Waals surface area contributed by atoms with E-state index in [0.717, 1.165) is 18.5 Å². The highest BCUT2D eigenvalue weighted by atomic mass is 19.1. The average molecular weight is 281 g/mol. The lowest BCUT2D eigenvalue weighted by molar-refractivity contribution is 0.114. The fourth-order valence-electron chi connectivity index (χ4n) is 1.98. The van der Waals surface area contributed by atoms with E-state index in [1.807, 2.05) is 12.1 Å². The van der Waals surface area contributed by atoms with Gasteiger partial charge in [0.05, 0.1) is 6.61 Å². The summed E-state index contributed by atoms with van der Waals surface area (Å²) in [6, 6.07) is 5.69. The van der Waals surface area contributed by atoms with Crippen molar-refractivity contribution in [3.63, 3.8) is 0 Å². The van der Waals surface area contributed by atoms with Crippen molar-refractivity contribution in [1.29, 1.82) is 0 Å². The second-order valence-electron chi connectivity index (χ2n) is 5.57. The fourth-order valence-corrected chi connectivity index (χ4v) is 1.98. The Hall–Kier alpha value is -0.930. The van der Waals surface area contributed by atoms with E-state index in [9.17, 15) is 4.39 Å². The van der Waals surface area contributed by atoms with E-state index in [1.54, 1.807) is 0 Å². The maximum absolute atomic E-state index is 13.7. The third kappa shape index (κ3) is 7.01. The first-order valence-electron chi connectivity index (χ1n) is 7.72. The van der Waals surface area contributed by atoms with Gasteiger partial charge >= 0.3 is 0 Å². The van der Waals surface area contributed by atoms with Crippen LogP contribution in [0.5, 0.6) is 0 Å². The van der Waals surface area contributed by atoms with Crippen molar-refractivity contribution >= 4 is 0 Å². The highest BCUT2D eigenvalue weighted by Crippen LogP contribution is 2.12. The Kier molecular flexibility index (Phi) is 8.47. The summed E-state index contributed by atoms with van der Waals surface area (Å²) < 4.78 is 19.3. The van der Waals surface area contributed by atoms with Crippen LogP contribution in [0.15, 0.2) is 18.2 Å². The number of rotatable bonds is 10. The SMILES string of the molecule is CCCCCCOCc1cc(CNC(C)C)ccc1F. The van der Waals surface area contributed by atoms with Gasteiger partial charge in [0.1, 0.15) is 5.82 Å². The Labute approximate surface area is 122 Å². The molecule has 0 aliphatic rings. The normalized spacial score (nSPS) is 11.2. The molecule has 0 bridgehead atoms. The molecule has 0 aliphatic carbocycles. The molecule has 0 spiro atoms. The first kappa shape index (κ1) is 17.1. The molecule has 0 unspecified atom stereocenters. The number of unbranched alkanes of at least 4 members (excludes halogenated alkanes) is 3. The first-order valence-corrected chi connectivity index (χ1v) is 7.72. The maximum Gasteiger partial charge on any atom is 0.128 e. The summed E-state index contributed by atoms with van der Waals surface area (Å²) in [5.41, 5.74) is 1.76. The number of benzene rings is 1. The molecule has 20 heavy (non-hydrogen) atoms. The van der Waals surface area contributed by atoms with Crippen molar-refractivity contribution in [1.82, 2.24) is 5.32 Å². The van der Waals surface area contributed by atoms with Gasteiger partial charge in [0.25, 0.3) is 0 Å². The Morgan fingerprint density at radius 1 is 1.20 bits per heavy atom. The number of halogens is 1. The Balaban J connectivity index is 2.37. The maximum atomic E-state index is 13.7. The third-order valence-corrected chi connectivity index (χ3v) is 3.22. The summed E-state index contributed by atoms with van der Waals surface area (Å²) in [7, 11) is 0. The molecule has 2 nitrogen and oxygen atoms in total. The predicted octanol–water partition coefficient (Wildman–Crippen LogP) is 4.42. The van der Waals surface area contributed by atoms with Crippen LogP contribution >= 0.6 is 0 Å². The van der Waals surface area contributed by atoms with E-state index in [-0.39, 0.29) is 5.82 Å². The average Bonchev–Trinajstić information content (AvgIpc) is 2.43. The molecule has 0 heterocycles. The van der Waals surface area contributed by atoms with Crippen LogP contribution in [0.4, 0.5) is 4.39 Å². The van der Waals surface area contributed by atoms with Crippen molar-refractivity contribution < 1.29 is 9.13 Å². The molecule has 114 valence electrons. The smallest absolute Gasteiger partial charge is 0.128 e. The minimum Gasteiger partial charge on any atom is -0.377 e. The van der Waals surface area contributed by atoms with Gasteiger partial charge in [-0.25, -0.2) is 4.39 Å². The topological polar surface area (TPSA) is 21.3 Å². The summed E-state index contributed by atoms with van der Waals surface area (Å²) in [6.07, 6.45) is 4.72. The van der Waals surface area contributed by atoms with Crippen LogP contribution in [0.2, 0.25) is 0 Å². The van der Waals surface area contributed by atoms with Crippen molar-refractivity contribution in [2.75, 3.05) is 6.61 Å². The van der Waals surface area contributed by atoms with E-state index < -0.39 is 0 Å². The number of hydrogen-bond acceptors (Lipinski definition) is 2. The van der Waals surface area contributed by atoms with Gasteiger partial charge in [-0.2, -0.15) is 0 Å². The molecular formula is C17H28FNO. The summed E-state index contributed by atoms with van der Waals surface area (Å²) in [5, 5.41) is 3.34. The highest BCUT2D eigenvalue weighted by Gasteiger charge is 2.04. The lowest BCUT2D eigenvalue weighted by Crippen LogP contribution is -2.21. The van der Waals surface area contributed by atoms with Crippen LogP contribution in [0, 0.1) is 5.82 Å². The van der Waals surface area contributed by atoms with Gasteiger partial charge in [-0.05, 0) is 24.1 Å². The molecule has 0 aromatic heterocycles. The van der Waals surface area contributed by atoms with Crippen LogP contribution < -0.4 is 5.32 Å². The van der Waals surface area contributed by atoms with E-state index in [0.29, 0.717) is 24.8 Å². The second-order valence-corrected chi connectivity index (χ2v) is 5.57. The van der Waals surface area contributed by atoms with Gasteiger partial charge in [-0.1, -0.05) is 46.1 Å². The lowest BCUT2D eigenvalue weighted by atomic mass is 10.1. The van der Waals surface area contributed by atoms with Gasteiger partial charge in [0.15, 0.2) is 0 Å². The minimum absolute atomic E-state index is 0.174. The van der Waals surface area contributed by atoms with Crippen molar-refractivity contribution in [2.24, 2.45) is 0 Å². The van der Waals surface area contributed by atoms with E-state index >= 15 is 0 Å². The molecular weight excluding hydrogens is 253 g/mol. The van der Waals surface area contributed by atoms with Crippen molar-refractivity contribution in [3.05, 3.63) is 35.1 Å². The van der Waals surface area contributed by atoms with Gasteiger partial charge in [0, 0.05) is 24.8 Å². The molecule has 0 saturated heterocycles. The van der Waals surface area contributed by atoms with Crippen LogP contribution in [0.1, 0.15) is 57.6 Å². The summed E-state index contributed by atoms with van der Waals surface area (Å²) in [6.45, 7) is 8.24. The predicted molar refractivity (Wildman–Crippen MR) is 82.2 cm³/mol. The lowest BCUT2D eigenvalue weighted by Gasteiger charge is -2.11. The zero-order valence-corrected chi connectivity index (χ0v) is 13.0. The number of ether oxygens (including phenoxy) is 1. The summed E-state index contributed by atoms with van der Waals surface area (Å²) in [4.78, 5) is 0. The summed E-state index contributed by atoms with van der Waals surface area (Å²) >= 11 is 0. The monoisotopic (exact) mass is 281 g/mol. The van der Waals surface area contributed by atoms with Crippen molar-refractivity contribution in [2.45, 2.75) is 65.6 Å². The quantitative estimate of drug-likeness (QED) is 0.641. The third-order valence-electron chi connectivity index (χ3n) is 3.22. The Bertz CT molecular complexity index is 379. The number of hydrogen-bond donors (Lipinski definition) is 1. The van der Waals surface area contributed by atoms with Gasteiger partial charge in [-0.15, -0.1) is 0 Å². The highest BCUT2D eigenvalue weighted by molar-refractivity contribution is 5.24.